The van der Waals surface area contributed by atoms with Crippen LogP contribution in [0.15, 0.2) is 65.2 Å². The lowest BCUT2D eigenvalue weighted by Gasteiger charge is -2.22. The first-order valence-electron chi connectivity index (χ1n) is 11.2. The molecule has 33 heavy (non-hydrogen) atoms. The molecule has 8 nitrogen and oxygen atoms in total. The number of para-hydroxylation sites is 1. The number of rotatable bonds is 9. The number of likely N-dealkylation sites (tertiary alicyclic amines) is 1. The van der Waals surface area contributed by atoms with Crippen LogP contribution >= 0.6 is 0 Å². The number of aromatic nitrogens is 2. The largest absolute Gasteiger partial charge is 0.484 e. The number of hydrogen-bond donors (Lipinski definition) is 0. The van der Waals surface area contributed by atoms with Crippen LogP contribution in [0.2, 0.25) is 0 Å². The quantitative estimate of drug-likeness (QED) is 0.499. The van der Waals surface area contributed by atoms with E-state index in [0.717, 1.165) is 18.4 Å². The van der Waals surface area contributed by atoms with Crippen LogP contribution in [0.25, 0.3) is 0 Å². The molecule has 1 saturated heterocycles. The van der Waals surface area contributed by atoms with Gasteiger partial charge in [0.15, 0.2) is 12.4 Å². The molecular weight excluding hydrogens is 420 g/mol. The van der Waals surface area contributed by atoms with Crippen molar-refractivity contribution in [1.82, 2.24) is 19.9 Å². The van der Waals surface area contributed by atoms with E-state index in [-0.39, 0.29) is 30.9 Å². The molecule has 1 aliphatic heterocycles. The average Bonchev–Trinajstić information content (AvgIpc) is 3.52. The van der Waals surface area contributed by atoms with Gasteiger partial charge in [0.1, 0.15) is 5.75 Å². The van der Waals surface area contributed by atoms with E-state index in [4.69, 9.17) is 9.26 Å². The van der Waals surface area contributed by atoms with Gasteiger partial charge >= 0.3 is 0 Å². The number of ether oxygens (including phenoxy) is 1. The number of aryl methyl sites for hydroxylation is 1. The zero-order valence-corrected chi connectivity index (χ0v) is 18.7. The molecule has 0 N–H and O–H groups in total. The van der Waals surface area contributed by atoms with Crippen LogP contribution in [-0.2, 0) is 22.6 Å². The number of amides is 2. The van der Waals surface area contributed by atoms with Crippen LogP contribution in [0.1, 0.15) is 42.6 Å². The molecule has 2 heterocycles. The lowest BCUT2D eigenvalue weighted by molar-refractivity contribution is -0.134. The molecule has 0 radical (unpaired) electrons. The van der Waals surface area contributed by atoms with Gasteiger partial charge in [0, 0.05) is 33.0 Å². The first kappa shape index (κ1) is 22.5. The third-order valence-electron chi connectivity index (χ3n) is 5.70. The van der Waals surface area contributed by atoms with Crippen molar-refractivity contribution in [3.8, 4) is 5.75 Å². The maximum absolute atomic E-state index is 12.7. The SMILES string of the molecule is CN(Cc1ccccc1)C(=O)CCc1nc(C2CCCN2C(=O)COc2ccccc2)no1. The molecule has 4 rings (SSSR count). The van der Waals surface area contributed by atoms with Crippen LogP contribution in [0, 0.1) is 0 Å². The van der Waals surface area contributed by atoms with Crippen LogP contribution in [0.4, 0.5) is 0 Å². The topological polar surface area (TPSA) is 88.8 Å². The Morgan fingerprint density at radius 3 is 2.61 bits per heavy atom. The van der Waals surface area contributed by atoms with Gasteiger partial charge in [0.25, 0.3) is 5.91 Å². The minimum Gasteiger partial charge on any atom is -0.484 e. The van der Waals surface area contributed by atoms with E-state index in [1.165, 1.54) is 0 Å². The fourth-order valence-electron chi connectivity index (χ4n) is 3.93. The third kappa shape index (κ3) is 5.97. The second-order valence-corrected chi connectivity index (χ2v) is 8.13. The summed E-state index contributed by atoms with van der Waals surface area (Å²) in [6, 6.07) is 18.9. The zero-order valence-electron chi connectivity index (χ0n) is 18.7. The summed E-state index contributed by atoms with van der Waals surface area (Å²) in [6.07, 6.45) is 2.29. The summed E-state index contributed by atoms with van der Waals surface area (Å²) in [5.74, 6) is 1.46. The van der Waals surface area contributed by atoms with Crippen LogP contribution in [0.5, 0.6) is 5.75 Å². The lowest BCUT2D eigenvalue weighted by Crippen LogP contribution is -2.34. The predicted molar refractivity (Wildman–Crippen MR) is 121 cm³/mol. The summed E-state index contributed by atoms with van der Waals surface area (Å²) in [6.45, 7) is 1.15. The van der Waals surface area contributed by atoms with Crippen molar-refractivity contribution in [2.75, 3.05) is 20.2 Å². The van der Waals surface area contributed by atoms with E-state index in [2.05, 4.69) is 10.1 Å². The van der Waals surface area contributed by atoms with E-state index < -0.39 is 0 Å². The number of benzene rings is 2. The van der Waals surface area contributed by atoms with Crippen LogP contribution in [-0.4, -0.2) is 52.0 Å². The Morgan fingerprint density at radius 1 is 1.12 bits per heavy atom. The molecule has 1 fully saturated rings. The van der Waals surface area contributed by atoms with Gasteiger partial charge in [-0.2, -0.15) is 4.98 Å². The normalized spacial score (nSPS) is 15.4. The summed E-state index contributed by atoms with van der Waals surface area (Å²) in [4.78, 5) is 33.1. The molecule has 0 spiro atoms. The molecule has 0 saturated carbocycles. The van der Waals surface area contributed by atoms with Gasteiger partial charge < -0.3 is 19.1 Å². The predicted octanol–water partition coefficient (Wildman–Crippen LogP) is 3.40. The fourth-order valence-corrected chi connectivity index (χ4v) is 3.93. The molecular formula is C25H28N4O4. The number of carbonyl (C=O) groups excluding carboxylic acids is 2. The average molecular weight is 449 g/mol. The number of hydrogen-bond acceptors (Lipinski definition) is 6. The van der Waals surface area contributed by atoms with Crippen molar-refractivity contribution < 1.29 is 18.8 Å². The highest BCUT2D eigenvalue weighted by atomic mass is 16.5. The number of nitrogens with zero attached hydrogens (tertiary/aromatic N) is 4. The molecule has 3 aromatic rings. The van der Waals surface area contributed by atoms with Gasteiger partial charge in [-0.1, -0.05) is 53.7 Å². The molecule has 2 aromatic carbocycles. The second kappa shape index (κ2) is 10.8. The zero-order chi connectivity index (χ0) is 23.0. The Kier molecular flexibility index (Phi) is 7.34. The van der Waals surface area contributed by atoms with Crippen molar-refractivity contribution in [2.24, 2.45) is 0 Å². The molecule has 0 aliphatic carbocycles. The van der Waals surface area contributed by atoms with Crippen LogP contribution in [0.3, 0.4) is 0 Å². The first-order valence-corrected chi connectivity index (χ1v) is 11.2. The summed E-state index contributed by atoms with van der Waals surface area (Å²) in [5.41, 5.74) is 1.08. The molecule has 172 valence electrons. The van der Waals surface area contributed by atoms with Crippen molar-refractivity contribution in [1.29, 1.82) is 0 Å². The molecule has 1 atom stereocenters. The maximum atomic E-state index is 12.7. The van der Waals surface area contributed by atoms with E-state index in [1.807, 2.05) is 60.7 Å². The van der Waals surface area contributed by atoms with Gasteiger partial charge in [0.2, 0.25) is 11.8 Å². The number of carbonyl (C=O) groups is 2. The Balaban J connectivity index is 1.28. The molecule has 0 bridgehead atoms. The molecule has 8 heteroatoms. The van der Waals surface area contributed by atoms with Crippen molar-refractivity contribution in [2.45, 2.75) is 38.3 Å². The van der Waals surface area contributed by atoms with Gasteiger partial charge in [0.05, 0.1) is 6.04 Å². The molecule has 1 aliphatic rings. The van der Waals surface area contributed by atoms with Crippen LogP contribution < -0.4 is 4.74 Å². The third-order valence-corrected chi connectivity index (χ3v) is 5.70. The van der Waals surface area contributed by atoms with E-state index in [0.29, 0.717) is 37.0 Å². The molecule has 1 aromatic heterocycles. The standard InChI is InChI=1S/C25H28N4O4/c1-28(17-19-9-4-2-5-10-19)23(30)15-14-22-26-25(27-33-22)21-13-8-16-29(21)24(31)18-32-20-11-6-3-7-12-20/h2-7,9-12,21H,8,13-18H2,1H3. The van der Waals surface area contributed by atoms with Gasteiger partial charge in [-0.05, 0) is 30.5 Å². The highest BCUT2D eigenvalue weighted by molar-refractivity contribution is 5.78. The van der Waals surface area contributed by atoms with E-state index in [9.17, 15) is 9.59 Å². The van der Waals surface area contributed by atoms with Crippen molar-refractivity contribution >= 4 is 11.8 Å². The second-order valence-electron chi connectivity index (χ2n) is 8.13. The Hall–Kier alpha value is -3.68. The smallest absolute Gasteiger partial charge is 0.261 e. The first-order chi connectivity index (χ1) is 16.1. The monoisotopic (exact) mass is 448 g/mol. The minimum absolute atomic E-state index is 0.00864. The Bertz CT molecular complexity index is 1050. The summed E-state index contributed by atoms with van der Waals surface area (Å²) in [5, 5.41) is 4.09. The molecule has 1 unspecified atom stereocenters. The van der Waals surface area contributed by atoms with Crippen molar-refractivity contribution in [3.05, 3.63) is 77.9 Å². The van der Waals surface area contributed by atoms with Gasteiger partial charge in [-0.3, -0.25) is 9.59 Å². The summed E-state index contributed by atoms with van der Waals surface area (Å²) < 4.78 is 11.0. The van der Waals surface area contributed by atoms with Gasteiger partial charge in [-0.25, -0.2) is 0 Å². The Morgan fingerprint density at radius 2 is 1.85 bits per heavy atom. The lowest BCUT2D eigenvalue weighted by atomic mass is 10.2. The minimum atomic E-state index is -0.231. The highest BCUT2D eigenvalue weighted by Gasteiger charge is 2.33. The fraction of sp³-hybridized carbons (Fsp3) is 0.360. The Labute approximate surface area is 193 Å². The van der Waals surface area contributed by atoms with E-state index in [1.54, 1.807) is 16.8 Å². The molecule has 2 amide bonds. The summed E-state index contributed by atoms with van der Waals surface area (Å²) in [7, 11) is 1.79. The van der Waals surface area contributed by atoms with Gasteiger partial charge in [-0.15, -0.1) is 0 Å². The summed E-state index contributed by atoms with van der Waals surface area (Å²) >= 11 is 0. The van der Waals surface area contributed by atoms with Crippen molar-refractivity contribution in [3.63, 3.8) is 0 Å². The maximum Gasteiger partial charge on any atom is 0.261 e. The highest BCUT2D eigenvalue weighted by Crippen LogP contribution is 2.30. The van der Waals surface area contributed by atoms with E-state index >= 15 is 0 Å².